The number of alkyl halides is 3. The smallest absolute Gasteiger partial charge is 0.393 e. The maximum atomic E-state index is 13.5. The lowest BCUT2D eigenvalue weighted by atomic mass is 9.46. The van der Waals surface area contributed by atoms with Gasteiger partial charge >= 0.3 is 6.18 Å². The lowest BCUT2D eigenvalue weighted by molar-refractivity contribution is -0.271. The summed E-state index contributed by atoms with van der Waals surface area (Å²) in [6.45, 7) is 9.08. The fourth-order valence-corrected chi connectivity index (χ4v) is 8.72. The topological polar surface area (TPSA) is 40.5 Å². The highest BCUT2D eigenvalue weighted by Gasteiger charge is 2.63. The molecule has 4 aliphatic rings. The number of rotatable bonds is 5. The molecular weight excluding hydrogens is 413 g/mol. The van der Waals surface area contributed by atoms with E-state index >= 15 is 0 Å². The van der Waals surface area contributed by atoms with Gasteiger partial charge in [0.2, 0.25) is 0 Å². The highest BCUT2D eigenvalue weighted by Crippen LogP contribution is 2.68. The minimum absolute atomic E-state index is 0.172. The second-order valence-electron chi connectivity index (χ2n) is 12.3. The third-order valence-electron chi connectivity index (χ3n) is 10.9. The van der Waals surface area contributed by atoms with Crippen molar-refractivity contribution in [3.8, 4) is 0 Å². The van der Waals surface area contributed by atoms with E-state index < -0.39 is 11.8 Å². The minimum Gasteiger partial charge on any atom is -0.393 e. The van der Waals surface area contributed by atoms with Gasteiger partial charge in [-0.2, -0.15) is 13.2 Å². The van der Waals surface area contributed by atoms with Crippen molar-refractivity contribution in [1.29, 1.82) is 0 Å². The van der Waals surface area contributed by atoms with Crippen LogP contribution < -0.4 is 0 Å². The molecule has 3 saturated carbocycles. The fourth-order valence-electron chi connectivity index (χ4n) is 8.72. The zero-order valence-electron chi connectivity index (χ0n) is 20.3. The summed E-state index contributed by atoms with van der Waals surface area (Å²) in [6.07, 6.45) is 5.76. The number of aliphatic hydroxyl groups is 2. The molecule has 0 radical (unpaired) electrons. The van der Waals surface area contributed by atoms with Gasteiger partial charge in [0.05, 0.1) is 6.10 Å². The van der Waals surface area contributed by atoms with E-state index in [1.165, 1.54) is 12.8 Å². The molecule has 0 spiro atoms. The lowest BCUT2D eigenvalue weighted by Crippen LogP contribution is -2.55. The summed E-state index contributed by atoms with van der Waals surface area (Å²) < 4.78 is 40.6. The molecule has 5 heteroatoms. The third-order valence-corrected chi connectivity index (χ3v) is 10.9. The molecule has 0 aromatic heterocycles. The predicted molar refractivity (Wildman–Crippen MR) is 121 cm³/mol. The molecule has 4 rings (SSSR count). The Bertz CT molecular complexity index is 733. The minimum atomic E-state index is -4.56. The first-order valence-corrected chi connectivity index (χ1v) is 13.0. The van der Waals surface area contributed by atoms with Crippen LogP contribution in [0.25, 0.3) is 0 Å². The van der Waals surface area contributed by atoms with E-state index in [9.17, 15) is 23.4 Å². The van der Waals surface area contributed by atoms with Gasteiger partial charge in [0, 0.05) is 6.42 Å². The number of hydrogen-bond donors (Lipinski definition) is 2. The zero-order chi connectivity index (χ0) is 23.5. The van der Waals surface area contributed by atoms with Crippen LogP contribution in [0.5, 0.6) is 0 Å². The first kappa shape index (κ1) is 24.6. The van der Waals surface area contributed by atoms with Gasteiger partial charge in [-0.1, -0.05) is 39.3 Å². The van der Waals surface area contributed by atoms with Crippen molar-refractivity contribution in [3.63, 3.8) is 0 Å². The number of allylic oxidation sites excluding steroid dienone is 1. The Morgan fingerprint density at radius 3 is 2.44 bits per heavy atom. The molecule has 0 heterocycles. The summed E-state index contributed by atoms with van der Waals surface area (Å²) in [4.78, 5) is 0. The van der Waals surface area contributed by atoms with Gasteiger partial charge in [-0.3, -0.25) is 0 Å². The third kappa shape index (κ3) is 3.78. The van der Waals surface area contributed by atoms with Crippen LogP contribution in [0, 0.1) is 40.4 Å². The summed E-state index contributed by atoms with van der Waals surface area (Å²) >= 11 is 0. The average molecular weight is 457 g/mol. The second kappa shape index (κ2) is 8.29. The Balaban J connectivity index is 1.52. The van der Waals surface area contributed by atoms with Gasteiger partial charge in [-0.25, -0.2) is 0 Å². The average Bonchev–Trinajstić information content (AvgIpc) is 3.08. The van der Waals surface area contributed by atoms with Gasteiger partial charge in [0.1, 0.15) is 0 Å². The molecule has 0 saturated heterocycles. The van der Waals surface area contributed by atoms with E-state index in [-0.39, 0.29) is 24.4 Å². The number of fused-ring (bicyclic) bond motifs is 5. The highest BCUT2D eigenvalue weighted by atomic mass is 19.4. The van der Waals surface area contributed by atoms with Crippen LogP contribution >= 0.6 is 0 Å². The van der Waals surface area contributed by atoms with E-state index in [4.69, 9.17) is 0 Å². The maximum absolute atomic E-state index is 13.5. The molecule has 32 heavy (non-hydrogen) atoms. The van der Waals surface area contributed by atoms with Crippen molar-refractivity contribution in [2.45, 2.75) is 116 Å². The Kier molecular flexibility index (Phi) is 6.36. The van der Waals surface area contributed by atoms with E-state index in [0.717, 1.165) is 44.1 Å². The van der Waals surface area contributed by atoms with Gasteiger partial charge in [0.25, 0.3) is 0 Å². The SMILES string of the molecule is CC[C@@H](O)CC[C@@H](C)[C@H]1CC[C@H]2[C@@H]3CC=C4C[C@](O)(C(F)(F)F)CC[C@]4(C)[C@H]3CC[C@]12C. The molecule has 0 amide bonds. The molecule has 3 fully saturated rings. The molecule has 2 nitrogen and oxygen atoms in total. The van der Waals surface area contributed by atoms with Crippen molar-refractivity contribution in [2.75, 3.05) is 0 Å². The first-order valence-electron chi connectivity index (χ1n) is 13.0. The Morgan fingerprint density at radius 2 is 1.78 bits per heavy atom. The summed E-state index contributed by atoms with van der Waals surface area (Å²) in [5.74, 6) is 2.91. The normalized spacial score (nSPS) is 46.0. The summed E-state index contributed by atoms with van der Waals surface area (Å²) in [7, 11) is 0. The van der Waals surface area contributed by atoms with Crippen molar-refractivity contribution in [2.24, 2.45) is 40.4 Å². The van der Waals surface area contributed by atoms with Crippen LogP contribution in [0.3, 0.4) is 0 Å². The number of hydrogen-bond acceptors (Lipinski definition) is 2. The van der Waals surface area contributed by atoms with Crippen molar-refractivity contribution < 1.29 is 23.4 Å². The molecule has 4 aliphatic carbocycles. The van der Waals surface area contributed by atoms with Crippen molar-refractivity contribution in [3.05, 3.63) is 11.6 Å². The molecule has 0 aliphatic heterocycles. The first-order chi connectivity index (χ1) is 14.9. The number of halogens is 3. The molecule has 0 unspecified atom stereocenters. The monoisotopic (exact) mass is 456 g/mol. The van der Waals surface area contributed by atoms with Crippen LogP contribution in [-0.2, 0) is 0 Å². The Labute approximate surface area is 192 Å². The molecule has 0 aromatic carbocycles. The standard InChI is InChI=1S/C27H43F3O2/c1-5-19(31)8-6-17(2)21-10-11-22-20-9-7-18-16-26(32,27(28,29)30)15-14-24(18,3)23(20)12-13-25(21,22)4/h7,17,19-23,31-32H,5-6,8-16H2,1-4H3/t17-,19-,20+,21-,22+,23+,24+,25-,26+/m1/s1. The van der Waals surface area contributed by atoms with Gasteiger partial charge < -0.3 is 10.2 Å². The van der Waals surface area contributed by atoms with Crippen LogP contribution in [0.4, 0.5) is 13.2 Å². The van der Waals surface area contributed by atoms with Gasteiger partial charge in [0.15, 0.2) is 5.60 Å². The van der Waals surface area contributed by atoms with Crippen LogP contribution in [0.15, 0.2) is 11.6 Å². The lowest BCUT2D eigenvalue weighted by Gasteiger charge is -2.59. The predicted octanol–water partition coefficient (Wildman–Crippen LogP) is 7.05. The van der Waals surface area contributed by atoms with E-state index in [2.05, 4.69) is 26.8 Å². The van der Waals surface area contributed by atoms with E-state index in [1.807, 2.05) is 6.92 Å². The molecule has 0 aromatic rings. The molecule has 9 atom stereocenters. The van der Waals surface area contributed by atoms with Crippen LogP contribution in [0.2, 0.25) is 0 Å². The molecular formula is C27H43F3O2. The van der Waals surface area contributed by atoms with Crippen molar-refractivity contribution in [1.82, 2.24) is 0 Å². The fraction of sp³-hybridized carbons (Fsp3) is 0.926. The van der Waals surface area contributed by atoms with E-state index in [1.54, 1.807) is 0 Å². The molecule has 0 bridgehead atoms. The zero-order valence-corrected chi connectivity index (χ0v) is 20.3. The van der Waals surface area contributed by atoms with Gasteiger partial charge in [-0.05, 0) is 105 Å². The summed E-state index contributed by atoms with van der Waals surface area (Å²) in [6, 6.07) is 0. The maximum Gasteiger partial charge on any atom is 0.417 e. The van der Waals surface area contributed by atoms with Crippen LogP contribution in [-0.4, -0.2) is 28.1 Å². The molecule has 184 valence electrons. The largest absolute Gasteiger partial charge is 0.417 e. The van der Waals surface area contributed by atoms with Crippen molar-refractivity contribution >= 4 is 0 Å². The molecule has 2 N–H and O–H groups in total. The highest BCUT2D eigenvalue weighted by molar-refractivity contribution is 5.28. The van der Waals surface area contributed by atoms with Gasteiger partial charge in [-0.15, -0.1) is 0 Å². The summed E-state index contributed by atoms with van der Waals surface area (Å²) in [5, 5.41) is 20.4. The quantitative estimate of drug-likeness (QED) is 0.435. The second-order valence-corrected chi connectivity index (χ2v) is 12.3. The Morgan fingerprint density at radius 1 is 1.06 bits per heavy atom. The van der Waals surface area contributed by atoms with E-state index in [0.29, 0.717) is 41.4 Å². The van der Waals surface area contributed by atoms with Crippen LogP contribution in [0.1, 0.15) is 98.3 Å². The number of aliphatic hydroxyl groups excluding tert-OH is 1. The Hall–Kier alpha value is -0.550. The summed E-state index contributed by atoms with van der Waals surface area (Å²) in [5.41, 5.74) is -1.58.